The van der Waals surface area contributed by atoms with Gasteiger partial charge in [0, 0.05) is 19.6 Å². The van der Waals surface area contributed by atoms with Crippen molar-refractivity contribution in [3.8, 4) is 0 Å². The van der Waals surface area contributed by atoms with Gasteiger partial charge in [0.05, 0.1) is 26.2 Å². The van der Waals surface area contributed by atoms with Gasteiger partial charge in [0.25, 0.3) is 0 Å². The summed E-state index contributed by atoms with van der Waals surface area (Å²) < 4.78 is 1.40. The number of fused-ring (bicyclic) bond motifs is 3. The summed E-state index contributed by atoms with van der Waals surface area (Å²) in [6.07, 6.45) is 2.54. The van der Waals surface area contributed by atoms with Gasteiger partial charge in [-0.15, -0.1) is 0 Å². The second-order valence-corrected chi connectivity index (χ2v) is 4.57. The highest BCUT2D eigenvalue weighted by molar-refractivity contribution is 4.70. The van der Waals surface area contributed by atoms with Crippen molar-refractivity contribution >= 4 is 0 Å². The van der Waals surface area contributed by atoms with Crippen molar-refractivity contribution in [3.05, 3.63) is 0 Å². The summed E-state index contributed by atoms with van der Waals surface area (Å²) >= 11 is 0. The number of rotatable bonds is 4. The standard InChI is InChI=1S/C10H22N3/c11-3-1-2-7-13-8-4-12(5-9-13)6-10-13/h1-11H2/q+1. The maximum atomic E-state index is 5.52. The first-order chi connectivity index (χ1) is 6.35. The van der Waals surface area contributed by atoms with E-state index in [1.165, 1.54) is 63.1 Å². The van der Waals surface area contributed by atoms with Crippen LogP contribution >= 0.6 is 0 Å². The average Bonchev–Trinajstić information content (AvgIpc) is 2.21. The molecule has 0 radical (unpaired) electrons. The van der Waals surface area contributed by atoms with E-state index in [1.54, 1.807) is 0 Å². The van der Waals surface area contributed by atoms with E-state index in [0.717, 1.165) is 6.54 Å². The van der Waals surface area contributed by atoms with Crippen molar-refractivity contribution in [2.45, 2.75) is 12.8 Å². The van der Waals surface area contributed by atoms with Crippen molar-refractivity contribution in [2.24, 2.45) is 5.73 Å². The minimum atomic E-state index is 0.867. The molecule has 3 nitrogen and oxygen atoms in total. The fourth-order valence-electron chi connectivity index (χ4n) is 2.66. The van der Waals surface area contributed by atoms with Crippen molar-refractivity contribution in [2.75, 3.05) is 52.4 Å². The quantitative estimate of drug-likeness (QED) is 0.487. The zero-order valence-corrected chi connectivity index (χ0v) is 8.54. The first-order valence-corrected chi connectivity index (χ1v) is 5.62. The van der Waals surface area contributed by atoms with Gasteiger partial charge in [0.2, 0.25) is 0 Å². The summed E-state index contributed by atoms with van der Waals surface area (Å²) in [7, 11) is 0. The molecule has 3 heteroatoms. The summed E-state index contributed by atoms with van der Waals surface area (Å²) in [4.78, 5) is 2.60. The highest BCUT2D eigenvalue weighted by Crippen LogP contribution is 2.19. The number of nitrogens with zero attached hydrogens (tertiary/aromatic N) is 2. The lowest BCUT2D eigenvalue weighted by atomic mass is 10.1. The number of unbranched alkanes of at least 4 members (excludes halogenated alkanes) is 1. The van der Waals surface area contributed by atoms with Crippen LogP contribution in [0.25, 0.3) is 0 Å². The second-order valence-electron chi connectivity index (χ2n) is 4.57. The van der Waals surface area contributed by atoms with Crippen molar-refractivity contribution in [3.63, 3.8) is 0 Å². The fraction of sp³-hybridized carbons (Fsp3) is 1.00. The molecule has 3 heterocycles. The molecule has 0 aliphatic carbocycles. The Morgan fingerprint density at radius 2 is 1.62 bits per heavy atom. The molecule has 0 aromatic heterocycles. The van der Waals surface area contributed by atoms with Crippen LogP contribution in [0.1, 0.15) is 12.8 Å². The number of piperazine rings is 3. The summed E-state index contributed by atoms with van der Waals surface area (Å²) in [5, 5.41) is 0. The molecule has 0 aromatic carbocycles. The Morgan fingerprint density at radius 1 is 1.00 bits per heavy atom. The molecule has 3 rings (SSSR count). The lowest BCUT2D eigenvalue weighted by Gasteiger charge is -2.50. The van der Waals surface area contributed by atoms with E-state index < -0.39 is 0 Å². The van der Waals surface area contributed by atoms with Gasteiger partial charge in [0.15, 0.2) is 0 Å². The largest absolute Gasteiger partial charge is 0.330 e. The third-order valence-corrected chi connectivity index (χ3v) is 3.76. The van der Waals surface area contributed by atoms with E-state index in [-0.39, 0.29) is 0 Å². The minimum Gasteiger partial charge on any atom is -0.330 e. The lowest BCUT2D eigenvalue weighted by molar-refractivity contribution is -0.941. The maximum absolute atomic E-state index is 5.52. The van der Waals surface area contributed by atoms with Gasteiger partial charge in [-0.05, 0) is 19.4 Å². The highest BCUT2D eigenvalue weighted by Gasteiger charge is 2.37. The molecule has 0 aromatic rings. The number of hydrogen-bond acceptors (Lipinski definition) is 2. The third-order valence-electron chi connectivity index (χ3n) is 3.76. The van der Waals surface area contributed by atoms with E-state index in [9.17, 15) is 0 Å². The van der Waals surface area contributed by atoms with Crippen LogP contribution < -0.4 is 5.73 Å². The smallest absolute Gasteiger partial charge is 0.0916 e. The van der Waals surface area contributed by atoms with Crippen LogP contribution in [0.5, 0.6) is 0 Å². The Bertz CT molecular complexity index is 148. The first kappa shape index (κ1) is 9.44. The molecule has 0 unspecified atom stereocenters. The summed E-state index contributed by atoms with van der Waals surface area (Å²) in [6.45, 7) is 10.4. The molecule has 0 saturated carbocycles. The predicted molar refractivity (Wildman–Crippen MR) is 54.5 cm³/mol. The van der Waals surface area contributed by atoms with Gasteiger partial charge in [-0.3, -0.25) is 4.90 Å². The first-order valence-electron chi connectivity index (χ1n) is 5.62. The third kappa shape index (κ3) is 2.03. The van der Waals surface area contributed by atoms with Crippen LogP contribution in [0.2, 0.25) is 0 Å². The Labute approximate surface area is 81.1 Å². The summed E-state index contributed by atoms with van der Waals surface area (Å²) in [5.74, 6) is 0. The van der Waals surface area contributed by atoms with Crippen LogP contribution in [0.3, 0.4) is 0 Å². The van der Waals surface area contributed by atoms with E-state index in [0.29, 0.717) is 0 Å². The number of quaternary nitrogens is 1. The highest BCUT2D eigenvalue weighted by atomic mass is 15.4. The van der Waals surface area contributed by atoms with E-state index >= 15 is 0 Å². The van der Waals surface area contributed by atoms with Crippen LogP contribution in [0, 0.1) is 0 Å². The van der Waals surface area contributed by atoms with E-state index in [2.05, 4.69) is 4.90 Å². The normalized spacial score (nSPS) is 38.1. The van der Waals surface area contributed by atoms with E-state index in [4.69, 9.17) is 5.73 Å². The molecule has 0 amide bonds. The molecule has 3 aliphatic rings. The van der Waals surface area contributed by atoms with E-state index in [1.807, 2.05) is 0 Å². The molecule has 3 saturated heterocycles. The van der Waals surface area contributed by atoms with Crippen molar-refractivity contribution < 1.29 is 4.48 Å². The van der Waals surface area contributed by atoms with Gasteiger partial charge in [-0.1, -0.05) is 0 Å². The molecule has 0 atom stereocenters. The van der Waals surface area contributed by atoms with Gasteiger partial charge in [0.1, 0.15) is 0 Å². The predicted octanol–water partition coefficient (Wildman–Crippen LogP) is -0.129. The van der Waals surface area contributed by atoms with Gasteiger partial charge < -0.3 is 10.2 Å². The topological polar surface area (TPSA) is 29.3 Å². The van der Waals surface area contributed by atoms with Crippen LogP contribution in [-0.4, -0.2) is 61.7 Å². The van der Waals surface area contributed by atoms with Crippen molar-refractivity contribution in [1.82, 2.24) is 4.90 Å². The molecule has 3 aliphatic heterocycles. The molecule has 0 spiro atoms. The summed E-state index contributed by atoms with van der Waals surface area (Å²) in [6, 6.07) is 0. The molecular formula is C10H22N3+. The Kier molecular flexibility index (Phi) is 2.86. The molecule has 13 heavy (non-hydrogen) atoms. The second kappa shape index (κ2) is 3.95. The lowest BCUT2D eigenvalue weighted by Crippen LogP contribution is -2.67. The molecular weight excluding hydrogens is 162 g/mol. The summed E-state index contributed by atoms with van der Waals surface area (Å²) in [5.41, 5.74) is 5.52. The number of hydrogen-bond donors (Lipinski definition) is 1. The van der Waals surface area contributed by atoms with Gasteiger partial charge in [-0.25, -0.2) is 0 Å². The molecule has 2 N–H and O–H groups in total. The maximum Gasteiger partial charge on any atom is 0.0916 e. The Morgan fingerprint density at radius 3 is 2.15 bits per heavy atom. The van der Waals surface area contributed by atoms with Crippen molar-refractivity contribution in [1.29, 1.82) is 0 Å². The number of nitrogens with two attached hydrogens (primary N) is 1. The van der Waals surface area contributed by atoms with Gasteiger partial charge >= 0.3 is 0 Å². The van der Waals surface area contributed by atoms with Crippen LogP contribution in [0.15, 0.2) is 0 Å². The Balaban J connectivity index is 1.81. The molecule has 76 valence electrons. The zero-order valence-electron chi connectivity index (χ0n) is 8.54. The fourth-order valence-corrected chi connectivity index (χ4v) is 2.66. The van der Waals surface area contributed by atoms with Gasteiger partial charge in [-0.2, -0.15) is 0 Å². The zero-order chi connectivity index (χ0) is 9.15. The molecule has 2 bridgehead atoms. The molecule has 3 fully saturated rings. The average molecular weight is 184 g/mol. The minimum absolute atomic E-state index is 0.867. The monoisotopic (exact) mass is 184 g/mol. The van der Waals surface area contributed by atoms with Crippen LogP contribution in [-0.2, 0) is 0 Å². The Hall–Kier alpha value is -0.120. The SMILES string of the molecule is NCCCC[N+]12CCN(CC1)CC2. The van der Waals surface area contributed by atoms with Crippen LogP contribution in [0.4, 0.5) is 0 Å².